The van der Waals surface area contributed by atoms with Crippen molar-refractivity contribution in [1.82, 2.24) is 9.80 Å². The number of likely N-dealkylation sites (N-methyl/N-ethyl adjacent to an activating group) is 1. The minimum absolute atomic E-state index is 0.0306. The Kier molecular flexibility index (Phi) is 6.15. The number of piperidine rings is 1. The Hall–Kier alpha value is -2.65. The zero-order valence-corrected chi connectivity index (χ0v) is 16.9. The molecule has 2 aliphatic heterocycles. The third-order valence-corrected chi connectivity index (χ3v) is 5.91. The second kappa shape index (κ2) is 8.57. The molecule has 1 atom stereocenters. The summed E-state index contributed by atoms with van der Waals surface area (Å²) >= 11 is 0. The van der Waals surface area contributed by atoms with Gasteiger partial charge < -0.3 is 26.4 Å². The SMILES string of the molecule is CCN1CCCC(N2CCCC(/C=C(\N)c3c(C)cc(C#N)cc3O)=C2N)C1. The van der Waals surface area contributed by atoms with E-state index in [-0.39, 0.29) is 5.75 Å². The molecule has 1 aromatic rings. The molecule has 2 aliphatic rings. The van der Waals surface area contributed by atoms with Crippen molar-refractivity contribution < 1.29 is 5.11 Å². The molecule has 0 bridgehead atoms. The number of aromatic hydroxyl groups is 1. The van der Waals surface area contributed by atoms with Gasteiger partial charge in [-0.3, -0.25) is 0 Å². The van der Waals surface area contributed by atoms with E-state index in [1.807, 2.05) is 13.0 Å². The number of benzene rings is 1. The summed E-state index contributed by atoms with van der Waals surface area (Å²) in [5, 5.41) is 19.4. The summed E-state index contributed by atoms with van der Waals surface area (Å²) in [5.41, 5.74) is 16.2. The summed E-state index contributed by atoms with van der Waals surface area (Å²) < 4.78 is 0. The third kappa shape index (κ3) is 4.10. The quantitative estimate of drug-likeness (QED) is 0.741. The first-order valence-electron chi connectivity index (χ1n) is 10.1. The van der Waals surface area contributed by atoms with Crippen LogP contribution in [0.2, 0.25) is 0 Å². The first-order valence-corrected chi connectivity index (χ1v) is 10.1. The van der Waals surface area contributed by atoms with Gasteiger partial charge in [0.05, 0.1) is 11.6 Å². The lowest BCUT2D eigenvalue weighted by Gasteiger charge is -2.42. The fourth-order valence-electron chi connectivity index (χ4n) is 4.44. The molecule has 0 aromatic heterocycles. The zero-order valence-electron chi connectivity index (χ0n) is 16.9. The number of nitrogens with zero attached hydrogens (tertiary/aromatic N) is 3. The number of phenolic OH excluding ortho intramolecular Hbond substituents is 1. The number of allylic oxidation sites excluding steroid dienone is 2. The Morgan fingerprint density at radius 1 is 1.36 bits per heavy atom. The van der Waals surface area contributed by atoms with Crippen LogP contribution >= 0.6 is 0 Å². The van der Waals surface area contributed by atoms with Crippen molar-refractivity contribution in [2.24, 2.45) is 11.5 Å². The Labute approximate surface area is 167 Å². The molecule has 2 heterocycles. The number of nitriles is 1. The molecule has 1 fully saturated rings. The number of likely N-dealkylation sites (tertiary alicyclic amines) is 1. The average molecular weight is 382 g/mol. The van der Waals surface area contributed by atoms with Crippen molar-refractivity contribution in [3.63, 3.8) is 0 Å². The first kappa shape index (κ1) is 20.1. The van der Waals surface area contributed by atoms with Gasteiger partial charge in [-0.2, -0.15) is 5.26 Å². The van der Waals surface area contributed by atoms with Crippen LogP contribution in [0.15, 0.2) is 29.6 Å². The molecule has 1 unspecified atom stereocenters. The number of phenols is 1. The van der Waals surface area contributed by atoms with E-state index in [1.165, 1.54) is 25.5 Å². The highest BCUT2D eigenvalue weighted by Crippen LogP contribution is 2.31. The zero-order chi connectivity index (χ0) is 20.3. The number of nitrogens with two attached hydrogens (primary N) is 2. The van der Waals surface area contributed by atoms with Gasteiger partial charge in [0.15, 0.2) is 0 Å². The van der Waals surface area contributed by atoms with Gasteiger partial charge in [-0.1, -0.05) is 6.92 Å². The first-order chi connectivity index (χ1) is 13.4. The highest BCUT2D eigenvalue weighted by Gasteiger charge is 2.28. The maximum Gasteiger partial charge on any atom is 0.126 e. The fourth-order valence-corrected chi connectivity index (χ4v) is 4.44. The summed E-state index contributed by atoms with van der Waals surface area (Å²) in [6, 6.07) is 5.69. The van der Waals surface area contributed by atoms with Crippen LogP contribution in [0, 0.1) is 18.3 Å². The van der Waals surface area contributed by atoms with Crippen molar-refractivity contribution in [3.05, 3.63) is 46.3 Å². The fraction of sp³-hybridized carbons (Fsp3) is 0.500. The van der Waals surface area contributed by atoms with E-state index in [4.69, 9.17) is 16.7 Å². The average Bonchev–Trinajstić information content (AvgIpc) is 2.69. The van der Waals surface area contributed by atoms with Crippen molar-refractivity contribution in [2.45, 2.75) is 45.6 Å². The van der Waals surface area contributed by atoms with Gasteiger partial charge in [-0.15, -0.1) is 0 Å². The molecule has 28 heavy (non-hydrogen) atoms. The van der Waals surface area contributed by atoms with E-state index in [2.05, 4.69) is 22.8 Å². The molecule has 0 saturated carbocycles. The smallest absolute Gasteiger partial charge is 0.126 e. The molecule has 1 saturated heterocycles. The maximum atomic E-state index is 10.3. The molecule has 1 aromatic carbocycles. The molecule has 0 aliphatic carbocycles. The number of hydrogen-bond acceptors (Lipinski definition) is 6. The molecular weight excluding hydrogens is 350 g/mol. The standard InChI is InChI=1S/C22H31N5O/c1-3-26-8-5-7-18(14-26)27-9-4-6-17(22(27)25)12-19(24)21-15(2)10-16(13-23)11-20(21)28/h10-12,18,28H,3-9,14,24-25H2,1-2H3/b19-12-. The van der Waals surface area contributed by atoms with E-state index >= 15 is 0 Å². The summed E-state index contributed by atoms with van der Waals surface area (Å²) in [6.07, 6.45) is 6.19. The van der Waals surface area contributed by atoms with Gasteiger partial charge in [0.25, 0.3) is 0 Å². The van der Waals surface area contributed by atoms with Crippen molar-refractivity contribution in [2.75, 3.05) is 26.2 Å². The molecular formula is C22H31N5O. The lowest BCUT2D eigenvalue weighted by Crippen LogP contribution is -2.50. The predicted molar refractivity (Wildman–Crippen MR) is 112 cm³/mol. The van der Waals surface area contributed by atoms with Crippen LogP contribution < -0.4 is 11.5 Å². The number of aryl methyl sites for hydroxylation is 1. The largest absolute Gasteiger partial charge is 0.507 e. The molecule has 0 spiro atoms. The van der Waals surface area contributed by atoms with E-state index in [1.54, 1.807) is 6.07 Å². The summed E-state index contributed by atoms with van der Waals surface area (Å²) in [5.74, 6) is 0.839. The van der Waals surface area contributed by atoms with Crippen molar-refractivity contribution >= 4 is 5.70 Å². The molecule has 6 heteroatoms. The topological polar surface area (TPSA) is 103 Å². The molecule has 0 amide bonds. The maximum absolute atomic E-state index is 10.3. The van der Waals surface area contributed by atoms with E-state index in [9.17, 15) is 5.11 Å². The number of hydrogen-bond donors (Lipinski definition) is 3. The lowest BCUT2D eigenvalue weighted by molar-refractivity contribution is 0.118. The molecule has 3 rings (SSSR count). The molecule has 0 radical (unpaired) electrons. The summed E-state index contributed by atoms with van der Waals surface area (Å²) in [7, 11) is 0. The molecule has 150 valence electrons. The second-order valence-corrected chi connectivity index (χ2v) is 7.80. The molecule has 5 N–H and O–H groups in total. The van der Waals surface area contributed by atoms with Crippen molar-refractivity contribution in [3.8, 4) is 11.8 Å². The van der Waals surface area contributed by atoms with Crippen LogP contribution in [-0.4, -0.2) is 47.1 Å². The van der Waals surface area contributed by atoms with Crippen LogP contribution in [0.3, 0.4) is 0 Å². The Morgan fingerprint density at radius 3 is 2.82 bits per heavy atom. The summed E-state index contributed by atoms with van der Waals surface area (Å²) in [4.78, 5) is 4.83. The predicted octanol–water partition coefficient (Wildman–Crippen LogP) is 2.62. The third-order valence-electron chi connectivity index (χ3n) is 5.91. The van der Waals surface area contributed by atoms with Gasteiger partial charge >= 0.3 is 0 Å². The van der Waals surface area contributed by atoms with E-state index < -0.39 is 0 Å². The van der Waals surface area contributed by atoms with Crippen LogP contribution in [0.25, 0.3) is 5.70 Å². The normalized spacial score (nSPS) is 21.7. The highest BCUT2D eigenvalue weighted by molar-refractivity contribution is 5.73. The van der Waals surface area contributed by atoms with E-state index in [0.29, 0.717) is 22.9 Å². The van der Waals surface area contributed by atoms with Gasteiger partial charge in [0.1, 0.15) is 11.6 Å². The second-order valence-electron chi connectivity index (χ2n) is 7.80. The van der Waals surface area contributed by atoms with Crippen LogP contribution in [0.4, 0.5) is 0 Å². The van der Waals surface area contributed by atoms with Gasteiger partial charge in [-0.05, 0) is 75.0 Å². The number of rotatable bonds is 4. The minimum Gasteiger partial charge on any atom is -0.507 e. The minimum atomic E-state index is 0.0306. The lowest BCUT2D eigenvalue weighted by atomic mass is 9.96. The van der Waals surface area contributed by atoms with Crippen LogP contribution in [0.1, 0.15) is 49.3 Å². The monoisotopic (exact) mass is 381 g/mol. The Morgan fingerprint density at radius 2 is 2.14 bits per heavy atom. The Balaban J connectivity index is 1.89. The highest BCUT2D eigenvalue weighted by atomic mass is 16.3. The Bertz CT molecular complexity index is 813. The van der Waals surface area contributed by atoms with E-state index in [0.717, 1.165) is 49.4 Å². The van der Waals surface area contributed by atoms with Gasteiger partial charge in [0, 0.05) is 30.4 Å². The molecule has 6 nitrogen and oxygen atoms in total. The van der Waals surface area contributed by atoms with Crippen LogP contribution in [-0.2, 0) is 0 Å². The van der Waals surface area contributed by atoms with Gasteiger partial charge in [-0.25, -0.2) is 0 Å². The van der Waals surface area contributed by atoms with Gasteiger partial charge in [0.2, 0.25) is 0 Å². The van der Waals surface area contributed by atoms with Crippen molar-refractivity contribution in [1.29, 1.82) is 5.26 Å². The summed E-state index contributed by atoms with van der Waals surface area (Å²) in [6.45, 7) is 8.33. The van der Waals surface area contributed by atoms with Crippen LogP contribution in [0.5, 0.6) is 5.75 Å².